The van der Waals surface area contributed by atoms with Crippen LogP contribution in [-0.2, 0) is 20.9 Å². The number of carbonyl (C=O) groups is 2. The number of benzene rings is 2. The molecule has 0 amide bonds. The molecule has 26 heavy (non-hydrogen) atoms. The molecule has 2 N–H and O–H groups in total. The molecule has 2 aromatic carbocycles. The first kappa shape index (κ1) is 19.9. The van der Waals surface area contributed by atoms with Gasteiger partial charge in [0, 0.05) is 23.4 Å². The van der Waals surface area contributed by atoms with Gasteiger partial charge in [-0.1, -0.05) is 43.2 Å². The second-order valence-electron chi connectivity index (χ2n) is 5.92. The Kier molecular flexibility index (Phi) is 7.11. The second-order valence-corrected chi connectivity index (χ2v) is 6.75. The Morgan fingerprint density at radius 1 is 1.04 bits per heavy atom. The van der Waals surface area contributed by atoms with Crippen LogP contribution in [0.3, 0.4) is 0 Å². The molecule has 0 aromatic heterocycles. The lowest BCUT2D eigenvalue weighted by atomic mass is 10.1. The lowest BCUT2D eigenvalue weighted by molar-refractivity contribution is -0.139. The highest BCUT2D eigenvalue weighted by atomic mass is 32.2. The van der Waals surface area contributed by atoms with E-state index in [1.807, 2.05) is 24.3 Å². The summed E-state index contributed by atoms with van der Waals surface area (Å²) in [5.41, 5.74) is 0.287. The molecule has 2 atom stereocenters. The van der Waals surface area contributed by atoms with Gasteiger partial charge in [0.25, 0.3) is 0 Å². The van der Waals surface area contributed by atoms with Crippen molar-refractivity contribution in [2.45, 2.75) is 38.1 Å². The van der Waals surface area contributed by atoms with Gasteiger partial charge in [-0.15, -0.1) is 0 Å². The van der Waals surface area contributed by atoms with E-state index < -0.39 is 29.2 Å². The number of rotatable bonds is 10. The van der Waals surface area contributed by atoms with Crippen LogP contribution in [0.5, 0.6) is 0 Å². The van der Waals surface area contributed by atoms with Crippen LogP contribution in [-0.4, -0.2) is 37.0 Å². The monoisotopic (exact) mass is 378 g/mol. The Hall–Kier alpha value is -2.45. The summed E-state index contributed by atoms with van der Waals surface area (Å²) < 4.78 is 24.4. The van der Waals surface area contributed by atoms with E-state index in [1.165, 1.54) is 0 Å². The zero-order valence-electron chi connectivity index (χ0n) is 14.0. The number of carboxylic acid groups (broad SMARTS) is 2. The summed E-state index contributed by atoms with van der Waals surface area (Å²) in [4.78, 5) is 22.2. The van der Waals surface area contributed by atoms with Gasteiger partial charge in [0.15, 0.2) is 0 Å². The third-order valence-electron chi connectivity index (χ3n) is 4.08. The van der Waals surface area contributed by atoms with Gasteiger partial charge in [-0.25, -0.2) is 4.79 Å². The molecule has 0 fully saturated rings. The van der Waals surface area contributed by atoms with Crippen molar-refractivity contribution in [3.63, 3.8) is 0 Å². The average Bonchev–Trinajstić information content (AvgIpc) is 2.59. The number of carboxylic acids is 2. The minimum Gasteiger partial charge on any atom is -0.755 e. The first-order valence-corrected chi connectivity index (χ1v) is 9.25. The Labute approximate surface area is 153 Å². The van der Waals surface area contributed by atoms with E-state index in [0.29, 0.717) is 19.3 Å². The summed E-state index contributed by atoms with van der Waals surface area (Å²) in [5, 5.41) is 19.9. The van der Waals surface area contributed by atoms with Gasteiger partial charge in [-0.2, -0.15) is 0 Å². The molecule has 0 spiro atoms. The van der Waals surface area contributed by atoms with Crippen LogP contribution < -0.4 is 4.31 Å². The van der Waals surface area contributed by atoms with Crippen LogP contribution in [0.25, 0.3) is 10.8 Å². The number of aliphatic carboxylic acids is 2. The quantitative estimate of drug-likeness (QED) is 0.485. The van der Waals surface area contributed by atoms with E-state index in [0.717, 1.165) is 15.1 Å². The van der Waals surface area contributed by atoms with Crippen LogP contribution >= 0.6 is 0 Å². The minimum atomic E-state index is -2.75. The predicted molar refractivity (Wildman–Crippen MR) is 97.5 cm³/mol. The lowest BCUT2D eigenvalue weighted by Crippen LogP contribution is -2.42. The molecule has 8 heteroatoms. The largest absolute Gasteiger partial charge is 0.755 e. The highest BCUT2D eigenvalue weighted by molar-refractivity contribution is 7.80. The highest BCUT2D eigenvalue weighted by Gasteiger charge is 2.26. The fraction of sp³-hybridized carbons (Fsp3) is 0.333. The zero-order valence-corrected chi connectivity index (χ0v) is 14.9. The van der Waals surface area contributed by atoms with Crippen LogP contribution in [0, 0.1) is 0 Å². The van der Waals surface area contributed by atoms with Crippen molar-refractivity contribution in [2.24, 2.45) is 0 Å². The fourth-order valence-corrected chi connectivity index (χ4v) is 3.50. The Balaban J connectivity index is 2.18. The SMILES string of the molecule is O=C(O)CCCCCC(C(=O)O)N(c1ccc2ccccc2c1)S(=O)[O-]. The molecule has 2 aromatic rings. The highest BCUT2D eigenvalue weighted by Crippen LogP contribution is 2.26. The minimum absolute atomic E-state index is 0.0135. The smallest absolute Gasteiger partial charge is 0.327 e. The molecule has 0 saturated carbocycles. The van der Waals surface area contributed by atoms with Crippen molar-refractivity contribution in [3.8, 4) is 0 Å². The van der Waals surface area contributed by atoms with Crippen molar-refractivity contribution in [2.75, 3.05) is 4.31 Å². The lowest BCUT2D eigenvalue weighted by Gasteiger charge is -2.32. The normalized spacial score (nSPS) is 13.3. The summed E-state index contributed by atoms with van der Waals surface area (Å²) in [7, 11) is 0. The molecule has 2 unspecified atom stereocenters. The van der Waals surface area contributed by atoms with Gasteiger partial charge >= 0.3 is 11.9 Å². The summed E-state index contributed by atoms with van der Waals surface area (Å²) in [5.74, 6) is -2.14. The number of anilines is 1. The van der Waals surface area contributed by atoms with E-state index in [1.54, 1.807) is 18.2 Å². The fourth-order valence-electron chi connectivity index (χ4n) is 2.82. The van der Waals surface area contributed by atoms with Gasteiger partial charge in [-0.3, -0.25) is 13.3 Å². The van der Waals surface area contributed by atoms with Crippen LogP contribution in [0.2, 0.25) is 0 Å². The molecule has 140 valence electrons. The molecular formula is C18H20NO6S-. The van der Waals surface area contributed by atoms with Crippen LogP contribution in [0.1, 0.15) is 32.1 Å². The van der Waals surface area contributed by atoms with Crippen molar-refractivity contribution in [1.82, 2.24) is 0 Å². The van der Waals surface area contributed by atoms with Crippen LogP contribution in [0.15, 0.2) is 42.5 Å². The molecule has 0 aliphatic carbocycles. The number of hydrogen-bond donors (Lipinski definition) is 2. The molecule has 7 nitrogen and oxygen atoms in total. The van der Waals surface area contributed by atoms with E-state index in [-0.39, 0.29) is 18.5 Å². The summed E-state index contributed by atoms with van der Waals surface area (Å²) in [6.45, 7) is 0. The van der Waals surface area contributed by atoms with Gasteiger partial charge < -0.3 is 14.8 Å². The van der Waals surface area contributed by atoms with E-state index in [4.69, 9.17) is 5.11 Å². The summed E-state index contributed by atoms with van der Waals surface area (Å²) in [6, 6.07) is 11.1. The topological polar surface area (TPSA) is 118 Å². The Morgan fingerprint density at radius 3 is 2.35 bits per heavy atom. The Morgan fingerprint density at radius 2 is 1.73 bits per heavy atom. The number of hydrogen-bond acceptors (Lipinski definition) is 4. The summed E-state index contributed by atoms with van der Waals surface area (Å²) in [6.07, 6.45) is 1.49. The third-order valence-corrected chi connectivity index (χ3v) is 4.87. The van der Waals surface area contributed by atoms with Crippen LogP contribution in [0.4, 0.5) is 5.69 Å². The molecule has 0 bridgehead atoms. The van der Waals surface area contributed by atoms with E-state index >= 15 is 0 Å². The molecular weight excluding hydrogens is 358 g/mol. The molecule has 0 aliphatic rings. The maximum atomic E-state index is 11.7. The number of nitrogens with zero attached hydrogens (tertiary/aromatic N) is 1. The predicted octanol–water partition coefficient (Wildman–Crippen LogP) is 2.93. The molecule has 0 radical (unpaired) electrons. The molecule has 0 aliphatic heterocycles. The number of unbranched alkanes of at least 4 members (excludes halogenated alkanes) is 2. The van der Waals surface area contributed by atoms with Gasteiger partial charge in [0.05, 0.1) is 0 Å². The van der Waals surface area contributed by atoms with Gasteiger partial charge in [-0.05, 0) is 35.7 Å². The molecule has 0 saturated heterocycles. The standard InChI is InChI=1S/C18H21NO6S/c20-17(21)9-3-1-2-8-16(18(22)23)19(26(24)25)15-11-10-13-6-4-5-7-14(13)12-15/h4-7,10-12,16H,1-3,8-9H2,(H,20,21)(H,22,23)(H,24,25)/p-1. The second kappa shape index (κ2) is 9.30. The van der Waals surface area contributed by atoms with E-state index in [2.05, 4.69) is 0 Å². The third kappa shape index (κ3) is 5.27. The first-order chi connectivity index (χ1) is 12.4. The van der Waals surface area contributed by atoms with Gasteiger partial charge in [0.1, 0.15) is 6.04 Å². The maximum Gasteiger partial charge on any atom is 0.327 e. The van der Waals surface area contributed by atoms with Crippen molar-refractivity contribution >= 4 is 39.7 Å². The first-order valence-electron chi connectivity index (χ1n) is 8.22. The summed E-state index contributed by atoms with van der Waals surface area (Å²) >= 11 is -2.75. The zero-order chi connectivity index (χ0) is 19.1. The average molecular weight is 378 g/mol. The van der Waals surface area contributed by atoms with Crippen molar-refractivity contribution in [3.05, 3.63) is 42.5 Å². The van der Waals surface area contributed by atoms with Crippen molar-refractivity contribution in [1.29, 1.82) is 0 Å². The van der Waals surface area contributed by atoms with Gasteiger partial charge in [0.2, 0.25) is 0 Å². The maximum absolute atomic E-state index is 11.7. The Bertz CT molecular complexity index is 809. The molecule has 0 heterocycles. The van der Waals surface area contributed by atoms with Crippen molar-refractivity contribution < 1.29 is 28.6 Å². The number of fused-ring (bicyclic) bond motifs is 1. The molecule has 2 rings (SSSR count). The van der Waals surface area contributed by atoms with E-state index in [9.17, 15) is 23.5 Å².